The first-order valence-electron chi connectivity index (χ1n) is 40.3. The zero-order valence-electron chi connectivity index (χ0n) is 73.0. The van der Waals surface area contributed by atoms with E-state index in [-0.39, 0.29) is 58.5 Å². The van der Waals surface area contributed by atoms with Gasteiger partial charge in [0.25, 0.3) is 22.7 Å². The topological polar surface area (TPSA) is 388 Å². The molecule has 8 rings (SSSR count). The minimum absolute atomic E-state index is 0.196. The first-order valence-corrected chi connectivity index (χ1v) is 47.3. The van der Waals surface area contributed by atoms with Gasteiger partial charge in [0, 0.05) is 77.5 Å². The van der Waals surface area contributed by atoms with Gasteiger partial charge in [-0.3, -0.25) is 40.0 Å². The van der Waals surface area contributed by atoms with Crippen molar-refractivity contribution in [1.82, 2.24) is 20.3 Å². The highest BCUT2D eigenvalue weighted by Gasteiger charge is 2.39. The van der Waals surface area contributed by atoms with Gasteiger partial charge in [0.1, 0.15) is 70.2 Å². The lowest BCUT2D eigenvalue weighted by Crippen LogP contribution is -2.37. The second-order valence-corrected chi connectivity index (χ2v) is 38.1. The molecule has 126 heavy (non-hydrogen) atoms. The summed E-state index contributed by atoms with van der Waals surface area (Å²) in [5, 5.41) is 49.0. The molecule has 0 radical (unpaired) electrons. The number of unbranched alkanes of at least 4 members (excludes halogenated alkanes) is 8. The maximum atomic E-state index is 13.6. The van der Waals surface area contributed by atoms with Gasteiger partial charge >= 0.3 is 54.9 Å². The van der Waals surface area contributed by atoms with E-state index < -0.39 is 79.0 Å². The second kappa shape index (κ2) is 52.4. The number of carbonyl (C=O) groups is 4. The molecule has 0 aliphatic rings. The van der Waals surface area contributed by atoms with Gasteiger partial charge < -0.3 is 55.1 Å². The van der Waals surface area contributed by atoms with E-state index in [1.807, 2.05) is 41.5 Å². The normalized spacial score (nSPS) is 13.9. The van der Waals surface area contributed by atoms with Crippen LogP contribution in [-0.4, -0.2) is 141 Å². The van der Waals surface area contributed by atoms with Crippen LogP contribution < -0.4 is 56.5 Å². The van der Waals surface area contributed by atoms with E-state index in [1.54, 1.807) is 84.9 Å². The molecule has 0 saturated heterocycles. The van der Waals surface area contributed by atoms with Crippen molar-refractivity contribution < 1.29 is 132 Å². The molecule has 0 spiro atoms. The fraction of sp³-hybridized carbons (Fsp3) is 0.364. The lowest BCUT2D eigenvalue weighted by atomic mass is 9.99. The Bertz CT molecular complexity index is 4660. The highest BCUT2D eigenvalue weighted by atomic mass is 35.5. The Labute approximate surface area is 747 Å². The van der Waals surface area contributed by atoms with Crippen LogP contribution in [0, 0.1) is 10.8 Å². The van der Waals surface area contributed by atoms with Crippen LogP contribution >= 0.6 is 54.2 Å². The Hall–Kier alpha value is -10.7. The Morgan fingerprint density at radius 3 is 0.706 bits per heavy atom. The molecule has 0 bridgehead atoms. The van der Waals surface area contributed by atoms with Crippen LogP contribution in [0.5, 0.6) is 46.0 Å². The van der Waals surface area contributed by atoms with Crippen molar-refractivity contribution in [2.45, 2.75) is 171 Å². The van der Waals surface area contributed by atoms with Crippen LogP contribution in [0.3, 0.4) is 0 Å². The zero-order valence-corrected chi connectivity index (χ0v) is 78.0. The predicted molar refractivity (Wildman–Crippen MR) is 483 cm³/mol. The molecular weight excluding hydrogens is 1750 g/mol. The summed E-state index contributed by atoms with van der Waals surface area (Å²) in [6.45, 7) is 36.5. The van der Waals surface area contributed by atoms with Crippen molar-refractivity contribution in [3.63, 3.8) is 0 Å². The molecule has 0 aromatic heterocycles. The Balaban J connectivity index is 0.000000298. The number of nitrogens with one attached hydrogen (secondary N) is 4. The van der Waals surface area contributed by atoms with Gasteiger partial charge in [-0.25, -0.2) is 18.3 Å². The third-order valence-corrected chi connectivity index (χ3v) is 23.5. The molecule has 0 saturated carbocycles. The molecule has 0 aliphatic heterocycles. The van der Waals surface area contributed by atoms with Crippen molar-refractivity contribution >= 4 is 128 Å². The van der Waals surface area contributed by atoms with Crippen LogP contribution in [0.1, 0.15) is 147 Å². The molecule has 0 amide bonds. The van der Waals surface area contributed by atoms with Crippen molar-refractivity contribution in [3.05, 3.63) is 216 Å². The molecule has 684 valence electrons. The van der Waals surface area contributed by atoms with E-state index in [4.69, 9.17) is 78.3 Å². The average Bonchev–Trinajstić information content (AvgIpc) is 0.866. The molecule has 8 N–H and O–H groups in total. The van der Waals surface area contributed by atoms with Gasteiger partial charge in [-0.1, -0.05) is 166 Å². The van der Waals surface area contributed by atoms with Gasteiger partial charge in [0.05, 0.1) is 26.4 Å². The van der Waals surface area contributed by atoms with E-state index in [0.29, 0.717) is 76.5 Å². The van der Waals surface area contributed by atoms with Crippen molar-refractivity contribution in [2.24, 2.45) is 10.8 Å². The largest absolute Gasteiger partial charge is 0.513 e. The standard InChI is InChI=1S/2C23H31ClN2O6P.2C21H28N2O6P/c2*1-4-5-6-7-8-17-30-23(27)18(2)25-33(29,31-21-13-9-19(24)10-14-21)32-22-15-11-20(12-16-22)26(3)28;2*1-16(20(24)27-15-21(2,3)4)22-30(26,28-18-9-7-6-8-10-18)29-19-13-11-17(12-14-19)23(5)25/h2*9-16,18,28H,3-8,17H2,1-2H3,(H,25,29);2*6-14,16,25H,5,15H2,1-4H3,(H,22,26)/q4*+1/t18-,33+;18-,33-;16-,30+;16-,30-/m0000/s1. The highest BCUT2D eigenvalue weighted by Crippen LogP contribution is 2.50. The summed E-state index contributed by atoms with van der Waals surface area (Å²) in [7, 11) is -16.2. The minimum atomic E-state index is -4.07. The quantitative estimate of drug-likeness (QED) is 0.00257. The Kier molecular flexibility index (Phi) is 44.0. The number of carbonyl (C=O) groups excluding carboxylic acids is 4. The van der Waals surface area contributed by atoms with E-state index in [1.165, 1.54) is 149 Å². The van der Waals surface area contributed by atoms with Gasteiger partial charge in [0.15, 0.2) is 26.9 Å². The molecule has 0 aliphatic carbocycles. The van der Waals surface area contributed by atoms with E-state index >= 15 is 0 Å². The fourth-order valence-electron chi connectivity index (χ4n) is 10.1. The maximum absolute atomic E-state index is 13.6. The number of rotatable bonds is 46. The number of para-hydroxylation sites is 2. The maximum Gasteiger partial charge on any atom is 0.513 e. The van der Waals surface area contributed by atoms with Crippen molar-refractivity contribution in [3.8, 4) is 46.0 Å². The Morgan fingerprint density at radius 1 is 0.317 bits per heavy atom. The fourth-order valence-corrected chi connectivity index (χ4v) is 16.4. The summed E-state index contributed by atoms with van der Waals surface area (Å²) < 4.78 is 123. The number of benzene rings is 8. The van der Waals surface area contributed by atoms with Gasteiger partial charge in [-0.15, -0.1) is 0 Å². The van der Waals surface area contributed by atoms with Crippen LogP contribution in [0.15, 0.2) is 206 Å². The summed E-state index contributed by atoms with van der Waals surface area (Å²) in [5.74, 6) is -0.365. The monoisotopic (exact) mass is 1860 g/mol. The summed E-state index contributed by atoms with van der Waals surface area (Å²) >= 11 is 11.8. The minimum Gasteiger partial charge on any atom is -0.465 e. The molecule has 0 unspecified atom stereocenters. The first-order chi connectivity index (χ1) is 59.4. The van der Waals surface area contributed by atoms with Crippen molar-refractivity contribution in [1.29, 1.82) is 0 Å². The molecular formula is C88H118Cl2N8O24P4+4. The highest BCUT2D eigenvalue weighted by molar-refractivity contribution is 7.53. The Morgan fingerprint density at radius 2 is 0.508 bits per heavy atom. The first kappa shape index (κ1) is 106. The molecule has 0 fully saturated rings. The average molecular weight is 1870 g/mol. The molecule has 0 heterocycles. The number of halogens is 2. The van der Waals surface area contributed by atoms with E-state index in [9.17, 15) is 58.3 Å². The summed E-state index contributed by atoms with van der Waals surface area (Å²) in [6, 6.07) is 49.7. The van der Waals surface area contributed by atoms with Crippen LogP contribution in [0.2, 0.25) is 10.0 Å². The lowest BCUT2D eigenvalue weighted by Gasteiger charge is -2.24. The third-order valence-electron chi connectivity index (χ3n) is 16.6. The van der Waals surface area contributed by atoms with Gasteiger partial charge in [0.2, 0.25) is 0 Å². The van der Waals surface area contributed by atoms with Gasteiger partial charge in [-0.05, 0) is 173 Å². The molecule has 38 heteroatoms. The summed E-state index contributed by atoms with van der Waals surface area (Å²) in [5.41, 5.74) is 1.22. The number of ether oxygens (including phenoxy) is 4. The number of nitrogens with zero attached hydrogens (tertiary/aromatic N) is 4. The van der Waals surface area contributed by atoms with Gasteiger partial charge in [-0.2, -0.15) is 20.3 Å². The summed E-state index contributed by atoms with van der Waals surface area (Å²) in [4.78, 5) is 49.5. The van der Waals surface area contributed by atoms with E-state index in [0.717, 1.165) is 64.2 Å². The molecule has 8 aromatic rings. The molecule has 8 aromatic carbocycles. The smallest absolute Gasteiger partial charge is 0.465 e. The number of hydrogen-bond donors (Lipinski definition) is 8. The van der Waals surface area contributed by atoms with E-state index in [2.05, 4.69) is 61.1 Å². The molecule has 32 nitrogen and oxygen atoms in total. The molecule has 8 atom stereocenters. The SMILES string of the molecule is C=[N+](O)c1ccc(O[P@@](=O)(N[C@@H](C)C(=O)OCC(C)(C)C)Oc2ccccc2)cc1.C=[N+](O)c1ccc(O[P@@](=O)(N[C@@H](C)C(=O)OCCCCCCC)Oc2ccc(Cl)cc2)cc1.C=[N+](O)c1ccc(O[P@](=O)(N[C@@H](C)C(=O)OCC(C)(C)C)Oc2ccccc2)cc1.C=[N+](O)c1ccc(O[P@](=O)(N[C@@H](C)C(=O)OCCCCCCC)Oc2ccc(Cl)cc2)cc1. The van der Waals surface area contributed by atoms with Crippen LogP contribution in [-0.2, 0) is 56.4 Å². The van der Waals surface area contributed by atoms with Crippen LogP contribution in [0.4, 0.5) is 22.7 Å². The number of hydrogen-bond acceptors (Lipinski definition) is 24. The van der Waals surface area contributed by atoms with Crippen LogP contribution in [0.25, 0.3) is 0 Å². The van der Waals surface area contributed by atoms with Crippen molar-refractivity contribution in [2.75, 3.05) is 26.4 Å². The predicted octanol–water partition coefficient (Wildman–Crippen LogP) is 21.4. The number of esters is 4. The lowest BCUT2D eigenvalue weighted by molar-refractivity contribution is -0.706. The zero-order chi connectivity index (χ0) is 93.3. The third kappa shape index (κ3) is 41.6. The second-order valence-electron chi connectivity index (χ2n) is 30.7. The summed E-state index contributed by atoms with van der Waals surface area (Å²) in [6.07, 6.45) is 10.3.